The Labute approximate surface area is 90.7 Å². The maximum Gasteiger partial charge on any atom is 0.225 e. The lowest BCUT2D eigenvalue weighted by molar-refractivity contribution is -0.116. The van der Waals surface area contributed by atoms with Gasteiger partial charge in [0.2, 0.25) is 5.91 Å². The molecule has 1 unspecified atom stereocenters. The number of benzene rings is 1. The van der Waals surface area contributed by atoms with E-state index in [-0.39, 0.29) is 11.9 Å². The van der Waals surface area contributed by atoms with Crippen molar-refractivity contribution in [3.8, 4) is 0 Å². The molecule has 0 aromatic heterocycles. The van der Waals surface area contributed by atoms with Crippen molar-refractivity contribution in [2.24, 2.45) is 5.73 Å². The van der Waals surface area contributed by atoms with E-state index >= 15 is 0 Å². The van der Waals surface area contributed by atoms with Crippen molar-refractivity contribution < 1.29 is 4.79 Å². The second-order valence-corrected chi connectivity index (χ2v) is 3.79. The molecule has 1 atom stereocenters. The lowest BCUT2D eigenvalue weighted by atomic mass is 10.1. The van der Waals surface area contributed by atoms with Crippen molar-refractivity contribution >= 4 is 11.6 Å². The third-order valence-electron chi connectivity index (χ3n) is 2.27. The summed E-state index contributed by atoms with van der Waals surface area (Å²) < 4.78 is 0. The highest BCUT2D eigenvalue weighted by Crippen LogP contribution is 2.10. The van der Waals surface area contributed by atoms with Crippen LogP contribution in [0.15, 0.2) is 24.3 Å². The Kier molecular flexibility index (Phi) is 4.31. The van der Waals surface area contributed by atoms with E-state index in [1.54, 1.807) is 0 Å². The average molecular weight is 206 g/mol. The summed E-state index contributed by atoms with van der Waals surface area (Å²) >= 11 is 0. The van der Waals surface area contributed by atoms with Crippen LogP contribution in [0, 0.1) is 6.92 Å². The molecule has 0 saturated heterocycles. The Hall–Kier alpha value is -1.35. The number of nitrogens with two attached hydrogens (primary N) is 1. The molecule has 0 fully saturated rings. The van der Waals surface area contributed by atoms with Gasteiger partial charge in [0.1, 0.15) is 0 Å². The van der Waals surface area contributed by atoms with Crippen molar-refractivity contribution in [1.82, 2.24) is 0 Å². The third kappa shape index (κ3) is 4.13. The zero-order chi connectivity index (χ0) is 11.3. The van der Waals surface area contributed by atoms with Gasteiger partial charge in [-0.25, -0.2) is 0 Å². The Morgan fingerprint density at radius 3 is 2.87 bits per heavy atom. The van der Waals surface area contributed by atoms with Gasteiger partial charge in [-0.05, 0) is 31.0 Å². The van der Waals surface area contributed by atoms with E-state index in [9.17, 15) is 4.79 Å². The van der Waals surface area contributed by atoms with E-state index in [2.05, 4.69) is 5.32 Å². The Morgan fingerprint density at radius 1 is 1.53 bits per heavy atom. The summed E-state index contributed by atoms with van der Waals surface area (Å²) in [6.07, 6.45) is 1.20. The standard InChI is InChI=1S/C12H18N2O/c1-3-10(13)8-12(15)14-11-6-4-5-9(2)7-11/h4-7,10H,3,8,13H2,1-2H3,(H,14,15). The van der Waals surface area contributed by atoms with Crippen LogP contribution in [0.25, 0.3) is 0 Å². The molecule has 82 valence electrons. The van der Waals surface area contributed by atoms with Crippen LogP contribution in [0.2, 0.25) is 0 Å². The maximum absolute atomic E-state index is 11.5. The molecule has 0 radical (unpaired) electrons. The highest BCUT2D eigenvalue weighted by atomic mass is 16.1. The lowest BCUT2D eigenvalue weighted by Crippen LogP contribution is -2.26. The van der Waals surface area contributed by atoms with Gasteiger partial charge in [0.15, 0.2) is 0 Å². The molecule has 3 heteroatoms. The van der Waals surface area contributed by atoms with Gasteiger partial charge < -0.3 is 11.1 Å². The molecule has 3 nitrogen and oxygen atoms in total. The Bertz CT molecular complexity index is 336. The third-order valence-corrected chi connectivity index (χ3v) is 2.27. The first kappa shape index (κ1) is 11.7. The predicted octanol–water partition coefficient (Wildman–Crippen LogP) is 2.06. The molecule has 0 spiro atoms. The van der Waals surface area contributed by atoms with Gasteiger partial charge in [0.05, 0.1) is 0 Å². The van der Waals surface area contributed by atoms with Crippen LogP contribution >= 0.6 is 0 Å². The molecule has 3 N–H and O–H groups in total. The second kappa shape index (κ2) is 5.51. The summed E-state index contributed by atoms with van der Waals surface area (Å²) in [6.45, 7) is 3.97. The normalized spacial score (nSPS) is 12.2. The van der Waals surface area contributed by atoms with Crippen molar-refractivity contribution in [3.63, 3.8) is 0 Å². The Morgan fingerprint density at radius 2 is 2.27 bits per heavy atom. The number of hydrogen-bond acceptors (Lipinski definition) is 2. The summed E-state index contributed by atoms with van der Waals surface area (Å²) in [6, 6.07) is 7.69. The van der Waals surface area contributed by atoms with Crippen molar-refractivity contribution in [2.75, 3.05) is 5.32 Å². The van der Waals surface area contributed by atoms with E-state index in [1.165, 1.54) is 0 Å². The van der Waals surface area contributed by atoms with Crippen molar-refractivity contribution in [2.45, 2.75) is 32.7 Å². The quantitative estimate of drug-likeness (QED) is 0.792. The molecule has 15 heavy (non-hydrogen) atoms. The molecule has 0 aliphatic carbocycles. The van der Waals surface area contributed by atoms with Crippen LogP contribution in [-0.2, 0) is 4.79 Å². The van der Waals surface area contributed by atoms with E-state index in [4.69, 9.17) is 5.73 Å². The fourth-order valence-corrected chi connectivity index (χ4v) is 1.32. The molecule has 0 heterocycles. The SMILES string of the molecule is CCC(N)CC(=O)Nc1cccc(C)c1. The van der Waals surface area contributed by atoms with Crippen LogP contribution < -0.4 is 11.1 Å². The van der Waals surface area contributed by atoms with Crippen LogP contribution in [0.1, 0.15) is 25.3 Å². The molecule has 1 amide bonds. The largest absolute Gasteiger partial charge is 0.327 e. The number of amides is 1. The summed E-state index contributed by atoms with van der Waals surface area (Å²) in [7, 11) is 0. The second-order valence-electron chi connectivity index (χ2n) is 3.79. The molecule has 1 rings (SSSR count). The smallest absolute Gasteiger partial charge is 0.225 e. The lowest BCUT2D eigenvalue weighted by Gasteiger charge is -2.09. The van der Waals surface area contributed by atoms with E-state index < -0.39 is 0 Å². The van der Waals surface area contributed by atoms with Gasteiger partial charge in [-0.1, -0.05) is 19.1 Å². The maximum atomic E-state index is 11.5. The van der Waals surface area contributed by atoms with Gasteiger partial charge in [0.25, 0.3) is 0 Å². The van der Waals surface area contributed by atoms with Gasteiger partial charge in [-0.15, -0.1) is 0 Å². The van der Waals surface area contributed by atoms with E-state index in [0.717, 1.165) is 17.7 Å². The molecule has 0 saturated carbocycles. The fraction of sp³-hybridized carbons (Fsp3) is 0.417. The number of carbonyl (C=O) groups is 1. The number of aryl methyl sites for hydroxylation is 1. The van der Waals surface area contributed by atoms with Crippen LogP contribution in [0.3, 0.4) is 0 Å². The first-order valence-corrected chi connectivity index (χ1v) is 5.24. The predicted molar refractivity (Wildman–Crippen MR) is 62.7 cm³/mol. The topological polar surface area (TPSA) is 55.1 Å². The van der Waals surface area contributed by atoms with E-state index in [1.807, 2.05) is 38.1 Å². The highest BCUT2D eigenvalue weighted by Gasteiger charge is 2.07. The number of rotatable bonds is 4. The first-order chi connectivity index (χ1) is 7.11. The van der Waals surface area contributed by atoms with Gasteiger partial charge >= 0.3 is 0 Å². The zero-order valence-corrected chi connectivity index (χ0v) is 9.29. The molecule has 0 bridgehead atoms. The number of nitrogens with one attached hydrogen (secondary N) is 1. The van der Waals surface area contributed by atoms with Crippen molar-refractivity contribution in [1.29, 1.82) is 0 Å². The molecule has 1 aromatic carbocycles. The molecule has 1 aromatic rings. The molecular formula is C12H18N2O. The van der Waals surface area contributed by atoms with Gasteiger partial charge in [-0.2, -0.15) is 0 Å². The minimum absolute atomic E-state index is 0.0186. The minimum atomic E-state index is -0.0465. The number of carbonyl (C=O) groups excluding carboxylic acids is 1. The first-order valence-electron chi connectivity index (χ1n) is 5.24. The summed E-state index contributed by atoms with van der Waals surface area (Å²) in [5.74, 6) is -0.0186. The number of anilines is 1. The molecular weight excluding hydrogens is 188 g/mol. The summed E-state index contributed by atoms with van der Waals surface area (Å²) in [5, 5.41) is 2.83. The molecule has 0 aliphatic rings. The Balaban J connectivity index is 2.51. The fourth-order valence-electron chi connectivity index (χ4n) is 1.32. The minimum Gasteiger partial charge on any atom is -0.327 e. The van der Waals surface area contributed by atoms with Crippen LogP contribution in [0.4, 0.5) is 5.69 Å². The zero-order valence-electron chi connectivity index (χ0n) is 9.29. The highest BCUT2D eigenvalue weighted by molar-refractivity contribution is 5.91. The van der Waals surface area contributed by atoms with Crippen LogP contribution in [-0.4, -0.2) is 11.9 Å². The number of hydrogen-bond donors (Lipinski definition) is 2. The summed E-state index contributed by atoms with van der Waals surface area (Å²) in [4.78, 5) is 11.5. The van der Waals surface area contributed by atoms with Crippen molar-refractivity contribution in [3.05, 3.63) is 29.8 Å². The van der Waals surface area contributed by atoms with Gasteiger partial charge in [-0.3, -0.25) is 4.79 Å². The van der Waals surface area contributed by atoms with E-state index in [0.29, 0.717) is 6.42 Å². The molecule has 0 aliphatic heterocycles. The van der Waals surface area contributed by atoms with Gasteiger partial charge in [0, 0.05) is 18.2 Å². The monoisotopic (exact) mass is 206 g/mol. The van der Waals surface area contributed by atoms with Crippen LogP contribution in [0.5, 0.6) is 0 Å². The summed E-state index contributed by atoms with van der Waals surface area (Å²) in [5.41, 5.74) is 7.67. The average Bonchev–Trinajstić information content (AvgIpc) is 2.17.